The second-order valence-corrected chi connectivity index (χ2v) is 14.6. The highest BCUT2D eigenvalue weighted by Gasteiger charge is 2.18. The van der Waals surface area contributed by atoms with Crippen LogP contribution in [0.5, 0.6) is 0 Å². The highest BCUT2D eigenvalue weighted by Crippen LogP contribution is 2.45. The van der Waals surface area contributed by atoms with Crippen molar-refractivity contribution in [3.63, 3.8) is 0 Å². The lowest BCUT2D eigenvalue weighted by molar-refractivity contribution is 0.827. The molecule has 0 saturated carbocycles. The summed E-state index contributed by atoms with van der Waals surface area (Å²) in [5.74, 6) is 0. The van der Waals surface area contributed by atoms with Crippen molar-refractivity contribution in [2.45, 2.75) is 13.5 Å². The van der Waals surface area contributed by atoms with Crippen LogP contribution in [0.3, 0.4) is 0 Å². The van der Waals surface area contributed by atoms with Crippen LogP contribution in [0.2, 0.25) is 0 Å². The van der Waals surface area contributed by atoms with E-state index in [4.69, 9.17) is 0 Å². The number of rotatable bonds is 9. The Balaban J connectivity index is 1.08. The molecule has 0 atom stereocenters. The third-order valence-corrected chi connectivity index (χ3v) is 11.7. The number of fused-ring (bicyclic) bond motifs is 3. The number of aromatic nitrogens is 1. The molecule has 0 unspecified atom stereocenters. The molecule has 51 heavy (non-hydrogen) atoms. The van der Waals surface area contributed by atoms with Crippen LogP contribution in [0.25, 0.3) is 42.7 Å². The van der Waals surface area contributed by atoms with E-state index >= 15 is 0 Å². The number of benzene rings is 6. The van der Waals surface area contributed by atoms with E-state index < -0.39 is 0 Å². The maximum absolute atomic E-state index is 2.47. The SMILES string of the molecule is CCn1c2cc(-c3ccc(N(c4ccccc4)c4ccccc4)s3)ccc2c2ccc(-c3ccc(N(c4ccccc4)c4ccccc4)s3)cc21. The summed E-state index contributed by atoms with van der Waals surface area (Å²) < 4.78 is 2.47. The Hall–Kier alpha value is -5.88. The minimum absolute atomic E-state index is 0.893. The van der Waals surface area contributed by atoms with Gasteiger partial charge in [-0.05, 0) is 103 Å². The third kappa shape index (κ3) is 5.80. The van der Waals surface area contributed by atoms with Crippen LogP contribution in [0, 0.1) is 0 Å². The average Bonchev–Trinajstić information content (AvgIpc) is 3.95. The standard InChI is InChI=1S/C46H35N3S2/c1-2-47-41-31-33(43-27-29-45(50-43)48(35-15-7-3-8-16-35)36-17-9-4-10-18-36)23-25-39(41)40-26-24-34(32-42(40)47)44-28-30-46(51-44)49(37-19-11-5-12-20-37)38-21-13-6-14-22-38/h3-32H,2H2,1H3. The number of anilines is 6. The van der Waals surface area contributed by atoms with E-state index in [1.54, 1.807) is 0 Å². The Kier molecular flexibility index (Phi) is 8.20. The summed E-state index contributed by atoms with van der Waals surface area (Å²) in [4.78, 5) is 7.19. The molecule has 9 rings (SSSR count). The molecule has 5 heteroatoms. The molecule has 0 N–H and O–H groups in total. The number of hydrogen-bond acceptors (Lipinski definition) is 4. The maximum Gasteiger partial charge on any atom is 0.101 e. The van der Waals surface area contributed by atoms with Gasteiger partial charge in [-0.15, -0.1) is 22.7 Å². The molecule has 0 saturated heterocycles. The van der Waals surface area contributed by atoms with Crippen LogP contribution in [-0.4, -0.2) is 4.57 Å². The maximum atomic E-state index is 2.47. The zero-order valence-electron chi connectivity index (χ0n) is 28.2. The predicted octanol–water partition coefficient (Wildman–Crippen LogP) is 14.2. The molecular formula is C46H35N3S2. The van der Waals surface area contributed by atoms with Crippen LogP contribution >= 0.6 is 22.7 Å². The molecule has 0 amide bonds. The van der Waals surface area contributed by atoms with Gasteiger partial charge in [0.1, 0.15) is 10.0 Å². The monoisotopic (exact) mass is 693 g/mol. The second kappa shape index (κ2) is 13.4. The highest BCUT2D eigenvalue weighted by molar-refractivity contribution is 7.20. The number of nitrogens with zero attached hydrogens (tertiary/aromatic N) is 3. The van der Waals surface area contributed by atoms with Gasteiger partial charge >= 0.3 is 0 Å². The van der Waals surface area contributed by atoms with Crippen molar-refractivity contribution < 1.29 is 0 Å². The molecule has 246 valence electrons. The Labute approximate surface area is 306 Å². The van der Waals surface area contributed by atoms with Gasteiger partial charge in [-0.1, -0.05) is 97.1 Å². The van der Waals surface area contributed by atoms with Crippen molar-refractivity contribution in [1.82, 2.24) is 4.57 Å². The Bertz CT molecular complexity index is 2310. The summed E-state index contributed by atoms with van der Waals surface area (Å²) in [5, 5.41) is 4.97. The molecule has 3 heterocycles. The third-order valence-electron chi connectivity index (χ3n) is 9.43. The number of hydrogen-bond donors (Lipinski definition) is 0. The number of aryl methyl sites for hydroxylation is 1. The fraction of sp³-hybridized carbons (Fsp3) is 0.0435. The van der Waals surface area contributed by atoms with Crippen molar-refractivity contribution >= 4 is 77.2 Å². The van der Waals surface area contributed by atoms with E-state index in [9.17, 15) is 0 Å². The fourth-order valence-corrected chi connectivity index (χ4v) is 9.15. The van der Waals surface area contributed by atoms with Crippen molar-refractivity contribution in [2.24, 2.45) is 0 Å². The van der Waals surface area contributed by atoms with E-state index in [1.807, 2.05) is 22.7 Å². The molecule has 0 aliphatic rings. The molecule has 0 bridgehead atoms. The first-order chi connectivity index (χ1) is 25.2. The van der Waals surface area contributed by atoms with E-state index in [0.29, 0.717) is 0 Å². The predicted molar refractivity (Wildman–Crippen MR) is 221 cm³/mol. The van der Waals surface area contributed by atoms with Crippen LogP contribution in [0.1, 0.15) is 6.92 Å². The molecule has 3 aromatic heterocycles. The van der Waals surface area contributed by atoms with Crippen LogP contribution in [-0.2, 0) is 6.54 Å². The van der Waals surface area contributed by atoms with Gasteiger partial charge in [0.2, 0.25) is 0 Å². The molecule has 0 spiro atoms. The molecule has 6 aromatic carbocycles. The first kappa shape index (κ1) is 31.1. The Morgan fingerprint density at radius 3 is 1.10 bits per heavy atom. The van der Waals surface area contributed by atoms with Gasteiger partial charge in [0.25, 0.3) is 0 Å². The lowest BCUT2D eigenvalue weighted by Gasteiger charge is -2.23. The van der Waals surface area contributed by atoms with Crippen molar-refractivity contribution in [1.29, 1.82) is 0 Å². The van der Waals surface area contributed by atoms with Gasteiger partial charge in [0, 0.05) is 60.9 Å². The fourth-order valence-electron chi connectivity index (χ4n) is 7.06. The quantitative estimate of drug-likeness (QED) is 0.149. The minimum Gasteiger partial charge on any atom is -0.341 e. The largest absolute Gasteiger partial charge is 0.341 e. The summed E-state index contributed by atoms with van der Waals surface area (Å²) in [6, 6.07) is 65.4. The summed E-state index contributed by atoms with van der Waals surface area (Å²) in [6.07, 6.45) is 0. The number of thiophene rings is 2. The molecule has 0 aliphatic carbocycles. The minimum atomic E-state index is 0.893. The van der Waals surface area contributed by atoms with Crippen molar-refractivity contribution in [3.8, 4) is 20.9 Å². The summed E-state index contributed by atoms with van der Waals surface area (Å²) >= 11 is 3.66. The summed E-state index contributed by atoms with van der Waals surface area (Å²) in [7, 11) is 0. The zero-order chi connectivity index (χ0) is 34.1. The molecule has 9 aromatic rings. The highest BCUT2D eigenvalue weighted by atomic mass is 32.1. The van der Waals surface area contributed by atoms with E-state index in [-0.39, 0.29) is 0 Å². The lowest BCUT2D eigenvalue weighted by Crippen LogP contribution is -2.07. The zero-order valence-corrected chi connectivity index (χ0v) is 29.8. The van der Waals surface area contributed by atoms with Gasteiger partial charge in [-0.25, -0.2) is 0 Å². The molecule has 0 aliphatic heterocycles. The average molecular weight is 694 g/mol. The molecular weight excluding hydrogens is 659 g/mol. The van der Waals surface area contributed by atoms with Crippen molar-refractivity contribution in [2.75, 3.05) is 9.80 Å². The summed E-state index contributed by atoms with van der Waals surface area (Å²) in [5.41, 5.74) is 9.63. The van der Waals surface area contributed by atoms with Gasteiger partial charge in [-0.3, -0.25) is 0 Å². The van der Waals surface area contributed by atoms with Crippen LogP contribution < -0.4 is 9.80 Å². The van der Waals surface area contributed by atoms with Crippen LogP contribution in [0.15, 0.2) is 182 Å². The smallest absolute Gasteiger partial charge is 0.101 e. The molecule has 3 nitrogen and oxygen atoms in total. The van der Waals surface area contributed by atoms with E-state index in [2.05, 4.69) is 203 Å². The first-order valence-electron chi connectivity index (χ1n) is 17.3. The van der Waals surface area contributed by atoms with Gasteiger partial charge < -0.3 is 14.4 Å². The van der Waals surface area contributed by atoms with Gasteiger partial charge in [0.15, 0.2) is 0 Å². The van der Waals surface area contributed by atoms with Gasteiger partial charge in [-0.2, -0.15) is 0 Å². The second-order valence-electron chi connectivity index (χ2n) is 12.5. The van der Waals surface area contributed by atoms with E-state index in [0.717, 1.165) is 29.3 Å². The molecule has 0 fully saturated rings. The lowest BCUT2D eigenvalue weighted by atomic mass is 10.1. The molecule has 0 radical (unpaired) electrons. The van der Waals surface area contributed by atoms with Gasteiger partial charge in [0.05, 0.1) is 0 Å². The summed E-state index contributed by atoms with van der Waals surface area (Å²) in [6.45, 7) is 3.14. The van der Waals surface area contributed by atoms with Crippen molar-refractivity contribution in [3.05, 3.63) is 182 Å². The number of para-hydroxylation sites is 4. The normalized spacial score (nSPS) is 11.3. The van der Waals surface area contributed by atoms with E-state index in [1.165, 1.54) is 52.7 Å². The Morgan fingerprint density at radius 2 is 0.765 bits per heavy atom. The Morgan fingerprint density at radius 1 is 0.412 bits per heavy atom. The topological polar surface area (TPSA) is 11.4 Å². The van der Waals surface area contributed by atoms with Crippen LogP contribution in [0.4, 0.5) is 32.8 Å². The first-order valence-corrected chi connectivity index (χ1v) is 19.0.